The molecule has 1 heterocycles. The Kier molecular flexibility index (Phi) is 5.48. The van der Waals surface area contributed by atoms with Crippen LogP contribution in [0.2, 0.25) is 0 Å². The molecule has 122 valence electrons. The number of primary amides is 1. The molecule has 7 heteroatoms. The molecule has 1 aromatic carbocycles. The lowest BCUT2D eigenvalue weighted by Gasteiger charge is -2.21. The zero-order valence-electron chi connectivity index (χ0n) is 13.3. The highest BCUT2D eigenvalue weighted by atomic mass is 16.2. The van der Waals surface area contributed by atoms with Crippen molar-refractivity contribution in [1.29, 1.82) is 0 Å². The van der Waals surface area contributed by atoms with Crippen molar-refractivity contribution in [2.45, 2.75) is 6.04 Å². The van der Waals surface area contributed by atoms with Crippen LogP contribution in [-0.4, -0.2) is 46.4 Å². The van der Waals surface area contributed by atoms with Crippen molar-refractivity contribution in [3.8, 4) is 0 Å². The number of carbonyl (C=O) groups is 2. The predicted molar refractivity (Wildman–Crippen MR) is 86.3 cm³/mol. The summed E-state index contributed by atoms with van der Waals surface area (Å²) in [7, 11) is 3.55. The van der Waals surface area contributed by atoms with Crippen LogP contribution in [0.4, 0.5) is 0 Å². The molecule has 2 aromatic rings. The van der Waals surface area contributed by atoms with Crippen molar-refractivity contribution in [2.75, 3.05) is 20.1 Å². The number of rotatable bonds is 7. The Labute approximate surface area is 135 Å². The summed E-state index contributed by atoms with van der Waals surface area (Å²) in [6, 6.07) is 9.26. The standard InChI is InChI=1S/C16H21N5O2/c1-20(10-13(17)22)11-14(23)19-15(12-6-4-3-5-7-12)16-18-8-9-21(16)2/h3-9,15H,10-11H2,1-2H3,(H2,17,22)(H,19,23). The predicted octanol–water partition coefficient (Wildman–Crippen LogP) is 0.0428. The van der Waals surface area contributed by atoms with Crippen LogP contribution in [0.1, 0.15) is 17.4 Å². The van der Waals surface area contributed by atoms with Gasteiger partial charge in [0.1, 0.15) is 11.9 Å². The van der Waals surface area contributed by atoms with Gasteiger partial charge in [-0.2, -0.15) is 0 Å². The molecule has 0 aliphatic rings. The molecular weight excluding hydrogens is 294 g/mol. The molecule has 0 bridgehead atoms. The number of carbonyl (C=O) groups excluding carboxylic acids is 2. The van der Waals surface area contributed by atoms with Gasteiger partial charge in [-0.15, -0.1) is 0 Å². The quantitative estimate of drug-likeness (QED) is 0.754. The molecule has 23 heavy (non-hydrogen) atoms. The monoisotopic (exact) mass is 315 g/mol. The lowest BCUT2D eigenvalue weighted by Crippen LogP contribution is -2.41. The molecular formula is C16H21N5O2. The maximum atomic E-state index is 12.3. The number of hydrogen-bond acceptors (Lipinski definition) is 4. The van der Waals surface area contributed by atoms with Gasteiger partial charge in [0.05, 0.1) is 13.1 Å². The highest BCUT2D eigenvalue weighted by molar-refractivity contribution is 5.80. The van der Waals surface area contributed by atoms with E-state index in [-0.39, 0.29) is 25.0 Å². The number of amides is 2. The minimum atomic E-state index is -0.469. The molecule has 1 atom stereocenters. The fraction of sp³-hybridized carbons (Fsp3) is 0.312. The number of nitrogens with two attached hydrogens (primary N) is 1. The zero-order chi connectivity index (χ0) is 16.8. The number of hydrogen-bond donors (Lipinski definition) is 2. The van der Waals surface area contributed by atoms with E-state index >= 15 is 0 Å². The normalized spacial score (nSPS) is 12.1. The molecule has 0 saturated heterocycles. The topological polar surface area (TPSA) is 93.2 Å². The SMILES string of the molecule is CN(CC(N)=O)CC(=O)NC(c1ccccc1)c1nccn1C. The molecule has 0 spiro atoms. The lowest BCUT2D eigenvalue weighted by molar-refractivity contribution is -0.123. The second kappa shape index (κ2) is 7.55. The minimum absolute atomic E-state index is 0.0336. The van der Waals surface area contributed by atoms with Crippen LogP contribution in [0.15, 0.2) is 42.7 Å². The third-order valence-electron chi connectivity index (χ3n) is 3.39. The Hall–Kier alpha value is -2.67. The van der Waals surface area contributed by atoms with Gasteiger partial charge < -0.3 is 15.6 Å². The van der Waals surface area contributed by atoms with Crippen molar-refractivity contribution < 1.29 is 9.59 Å². The summed E-state index contributed by atoms with van der Waals surface area (Å²) in [5.41, 5.74) is 6.07. The molecule has 2 rings (SSSR count). The Morgan fingerprint density at radius 3 is 2.57 bits per heavy atom. The van der Waals surface area contributed by atoms with Gasteiger partial charge in [-0.1, -0.05) is 30.3 Å². The lowest BCUT2D eigenvalue weighted by atomic mass is 10.1. The molecule has 0 radical (unpaired) electrons. The van der Waals surface area contributed by atoms with Gasteiger partial charge in [-0.05, 0) is 12.6 Å². The van der Waals surface area contributed by atoms with Crippen LogP contribution < -0.4 is 11.1 Å². The summed E-state index contributed by atoms with van der Waals surface area (Å²) in [6.07, 6.45) is 3.52. The molecule has 1 aromatic heterocycles. The molecule has 0 fully saturated rings. The van der Waals surface area contributed by atoms with Crippen molar-refractivity contribution in [1.82, 2.24) is 19.8 Å². The second-order valence-corrected chi connectivity index (χ2v) is 5.45. The van der Waals surface area contributed by atoms with E-state index in [1.807, 2.05) is 48.1 Å². The molecule has 7 nitrogen and oxygen atoms in total. The Bertz CT molecular complexity index is 668. The highest BCUT2D eigenvalue weighted by Gasteiger charge is 2.21. The van der Waals surface area contributed by atoms with E-state index in [1.54, 1.807) is 18.1 Å². The average molecular weight is 315 g/mol. The number of nitrogens with one attached hydrogen (secondary N) is 1. The fourth-order valence-electron chi connectivity index (χ4n) is 2.37. The van der Waals surface area contributed by atoms with Gasteiger partial charge in [0, 0.05) is 19.4 Å². The van der Waals surface area contributed by atoms with E-state index in [1.165, 1.54) is 0 Å². The molecule has 0 aliphatic carbocycles. The summed E-state index contributed by atoms with van der Waals surface area (Å²) < 4.78 is 1.87. The van der Waals surface area contributed by atoms with Crippen molar-refractivity contribution in [3.63, 3.8) is 0 Å². The number of aromatic nitrogens is 2. The minimum Gasteiger partial charge on any atom is -0.369 e. The van der Waals surface area contributed by atoms with Crippen molar-refractivity contribution in [3.05, 3.63) is 54.1 Å². The van der Waals surface area contributed by atoms with E-state index in [9.17, 15) is 9.59 Å². The van der Waals surface area contributed by atoms with Crippen molar-refractivity contribution in [2.24, 2.45) is 12.8 Å². The maximum absolute atomic E-state index is 12.3. The number of aryl methyl sites for hydroxylation is 1. The van der Waals surface area contributed by atoms with E-state index in [0.717, 1.165) is 11.4 Å². The van der Waals surface area contributed by atoms with Crippen molar-refractivity contribution >= 4 is 11.8 Å². The summed E-state index contributed by atoms with van der Waals surface area (Å²) >= 11 is 0. The Balaban J connectivity index is 2.14. The van der Waals surface area contributed by atoms with Crippen LogP contribution in [0.25, 0.3) is 0 Å². The Morgan fingerprint density at radius 2 is 2.00 bits per heavy atom. The van der Waals surface area contributed by atoms with Gasteiger partial charge in [0.25, 0.3) is 0 Å². The second-order valence-electron chi connectivity index (χ2n) is 5.45. The first kappa shape index (κ1) is 16.7. The molecule has 1 unspecified atom stereocenters. The maximum Gasteiger partial charge on any atom is 0.235 e. The number of benzene rings is 1. The van der Waals surface area contributed by atoms with Gasteiger partial charge >= 0.3 is 0 Å². The zero-order valence-corrected chi connectivity index (χ0v) is 13.3. The van der Waals surface area contributed by atoms with Gasteiger partial charge in [-0.25, -0.2) is 4.98 Å². The molecule has 0 saturated carbocycles. The summed E-state index contributed by atoms with van der Waals surface area (Å²) in [6.45, 7) is 0.114. The highest BCUT2D eigenvalue weighted by Crippen LogP contribution is 2.19. The third kappa shape index (κ3) is 4.65. The van der Waals surface area contributed by atoms with E-state index < -0.39 is 5.91 Å². The fourth-order valence-corrected chi connectivity index (χ4v) is 2.37. The number of nitrogens with zero attached hydrogens (tertiary/aromatic N) is 3. The van der Waals surface area contributed by atoms with Crippen LogP contribution >= 0.6 is 0 Å². The third-order valence-corrected chi connectivity index (χ3v) is 3.39. The first-order valence-corrected chi connectivity index (χ1v) is 7.25. The number of imidazole rings is 1. The first-order chi connectivity index (χ1) is 11.0. The van der Waals surface area contributed by atoms with E-state index in [0.29, 0.717) is 0 Å². The smallest absolute Gasteiger partial charge is 0.235 e. The molecule has 3 N–H and O–H groups in total. The molecule has 0 aliphatic heterocycles. The average Bonchev–Trinajstić information content (AvgIpc) is 2.90. The Morgan fingerprint density at radius 1 is 1.30 bits per heavy atom. The number of likely N-dealkylation sites (N-methyl/N-ethyl adjacent to an activating group) is 1. The van der Waals surface area contributed by atoms with Gasteiger partial charge in [-0.3, -0.25) is 14.5 Å². The van der Waals surface area contributed by atoms with Crippen LogP contribution in [-0.2, 0) is 16.6 Å². The van der Waals surface area contributed by atoms with Crippen LogP contribution in [0.5, 0.6) is 0 Å². The van der Waals surface area contributed by atoms with Crippen LogP contribution in [0.3, 0.4) is 0 Å². The van der Waals surface area contributed by atoms with E-state index in [2.05, 4.69) is 10.3 Å². The van der Waals surface area contributed by atoms with E-state index in [4.69, 9.17) is 5.73 Å². The summed E-state index contributed by atoms with van der Waals surface area (Å²) in [5.74, 6) is 0.0664. The molecule has 2 amide bonds. The van der Waals surface area contributed by atoms with Crippen LogP contribution in [0, 0.1) is 0 Å². The first-order valence-electron chi connectivity index (χ1n) is 7.25. The summed E-state index contributed by atoms with van der Waals surface area (Å²) in [5, 5.41) is 2.96. The van der Waals surface area contributed by atoms with Gasteiger partial charge in [0.2, 0.25) is 11.8 Å². The van der Waals surface area contributed by atoms with Gasteiger partial charge in [0.15, 0.2) is 0 Å². The summed E-state index contributed by atoms with van der Waals surface area (Å²) in [4.78, 5) is 29.1. The largest absolute Gasteiger partial charge is 0.369 e.